The number of aryl methyl sites for hydroxylation is 1. The minimum atomic E-state index is 1.13. The second-order valence-corrected chi connectivity index (χ2v) is 6.70. The van der Waals surface area contributed by atoms with Crippen molar-refractivity contribution in [3.63, 3.8) is 0 Å². The van der Waals surface area contributed by atoms with Crippen LogP contribution >= 0.6 is 22.7 Å². The van der Waals surface area contributed by atoms with Crippen LogP contribution in [0.5, 0.6) is 0 Å². The van der Waals surface area contributed by atoms with Gasteiger partial charge in [-0.15, -0.1) is 22.7 Å². The quantitative estimate of drug-likeness (QED) is 0.450. The van der Waals surface area contributed by atoms with Gasteiger partial charge in [-0.25, -0.2) is 4.98 Å². The number of para-hydroxylation sites is 1. The molecule has 0 bridgehead atoms. The zero-order valence-corrected chi connectivity index (χ0v) is 12.0. The van der Waals surface area contributed by atoms with E-state index in [4.69, 9.17) is 4.98 Å². The van der Waals surface area contributed by atoms with Crippen molar-refractivity contribution in [3.05, 3.63) is 54.1 Å². The molecule has 2 aromatic carbocycles. The van der Waals surface area contributed by atoms with Crippen molar-refractivity contribution in [1.29, 1.82) is 0 Å². The lowest BCUT2D eigenvalue weighted by Gasteiger charge is -1.90. The monoisotopic (exact) mass is 281 g/mol. The molecule has 0 atom stereocenters. The highest BCUT2D eigenvalue weighted by Crippen LogP contribution is 2.38. The molecule has 0 saturated carbocycles. The number of thiophene rings is 1. The molecule has 0 radical (unpaired) electrons. The Morgan fingerprint density at radius 2 is 1.74 bits per heavy atom. The van der Waals surface area contributed by atoms with Gasteiger partial charge in [-0.3, -0.25) is 0 Å². The number of benzene rings is 2. The Balaban J connectivity index is 1.96. The van der Waals surface area contributed by atoms with Crippen LogP contribution in [0.4, 0.5) is 0 Å². The van der Waals surface area contributed by atoms with Gasteiger partial charge in [0.2, 0.25) is 0 Å². The Morgan fingerprint density at radius 1 is 0.895 bits per heavy atom. The third kappa shape index (κ3) is 1.78. The first kappa shape index (κ1) is 11.1. The lowest BCUT2D eigenvalue weighted by molar-refractivity contribution is 1.43. The summed E-state index contributed by atoms with van der Waals surface area (Å²) in [4.78, 5) is 6.07. The maximum atomic E-state index is 4.81. The fraction of sp³-hybridized carbons (Fsp3) is 0.0625. The number of hydrogen-bond acceptors (Lipinski definition) is 3. The summed E-state index contributed by atoms with van der Waals surface area (Å²) in [5.74, 6) is 0. The average Bonchev–Trinajstić information content (AvgIpc) is 3.02. The number of nitrogens with zero attached hydrogens (tertiary/aromatic N) is 1. The summed E-state index contributed by atoms with van der Waals surface area (Å²) >= 11 is 3.60. The van der Waals surface area contributed by atoms with Gasteiger partial charge < -0.3 is 0 Å². The molecule has 2 heterocycles. The number of hydrogen-bond donors (Lipinski definition) is 0. The summed E-state index contributed by atoms with van der Waals surface area (Å²) in [6.45, 7) is 2.12. The fourth-order valence-electron chi connectivity index (χ4n) is 2.28. The Hall–Kier alpha value is -1.71. The zero-order chi connectivity index (χ0) is 12.8. The van der Waals surface area contributed by atoms with Crippen molar-refractivity contribution in [2.24, 2.45) is 0 Å². The molecule has 0 aliphatic carbocycles. The SMILES string of the molecule is Cc1cccc2sc(-c3cc4ccccc4s3)nc12. The van der Waals surface area contributed by atoms with Crippen LogP contribution in [0.2, 0.25) is 0 Å². The van der Waals surface area contributed by atoms with Gasteiger partial charge in [0.25, 0.3) is 0 Å². The Labute approximate surface area is 119 Å². The molecule has 19 heavy (non-hydrogen) atoms. The highest BCUT2D eigenvalue weighted by Gasteiger charge is 2.10. The Bertz CT molecular complexity index is 853. The third-order valence-electron chi connectivity index (χ3n) is 3.26. The Morgan fingerprint density at radius 3 is 2.58 bits per heavy atom. The maximum absolute atomic E-state index is 4.81. The van der Waals surface area contributed by atoms with E-state index in [9.17, 15) is 0 Å². The summed E-state index contributed by atoms with van der Waals surface area (Å²) in [5.41, 5.74) is 2.39. The van der Waals surface area contributed by atoms with E-state index in [-0.39, 0.29) is 0 Å². The van der Waals surface area contributed by atoms with Gasteiger partial charge in [0.15, 0.2) is 0 Å². The average molecular weight is 281 g/mol. The number of aromatic nitrogens is 1. The minimum Gasteiger partial charge on any atom is -0.235 e. The predicted molar refractivity (Wildman–Crippen MR) is 85.2 cm³/mol. The van der Waals surface area contributed by atoms with Gasteiger partial charge in [0.1, 0.15) is 5.01 Å². The summed E-state index contributed by atoms with van der Waals surface area (Å²) < 4.78 is 2.60. The predicted octanol–water partition coefficient (Wildman–Crippen LogP) is 5.49. The number of fused-ring (bicyclic) bond motifs is 2. The topological polar surface area (TPSA) is 12.9 Å². The van der Waals surface area contributed by atoms with E-state index in [1.807, 2.05) is 11.3 Å². The molecule has 0 saturated heterocycles. The minimum absolute atomic E-state index is 1.13. The molecule has 0 aliphatic rings. The van der Waals surface area contributed by atoms with Gasteiger partial charge in [-0.05, 0) is 36.1 Å². The Kier molecular flexibility index (Phi) is 2.43. The molecule has 4 aromatic rings. The van der Waals surface area contributed by atoms with Crippen molar-refractivity contribution in [2.75, 3.05) is 0 Å². The van der Waals surface area contributed by atoms with Crippen LogP contribution in [0.3, 0.4) is 0 Å². The van der Waals surface area contributed by atoms with Gasteiger partial charge in [-0.1, -0.05) is 30.3 Å². The molecule has 1 nitrogen and oxygen atoms in total. The van der Waals surface area contributed by atoms with Gasteiger partial charge in [-0.2, -0.15) is 0 Å². The summed E-state index contributed by atoms with van der Waals surface area (Å²) in [6, 6.07) is 17.1. The van der Waals surface area contributed by atoms with E-state index in [1.54, 1.807) is 11.3 Å². The van der Waals surface area contributed by atoms with Crippen LogP contribution in [0, 0.1) is 6.92 Å². The van der Waals surface area contributed by atoms with Gasteiger partial charge >= 0.3 is 0 Å². The second-order valence-electron chi connectivity index (χ2n) is 4.59. The van der Waals surface area contributed by atoms with Gasteiger partial charge in [0.05, 0.1) is 15.1 Å². The standard InChI is InChI=1S/C16H11NS2/c1-10-5-4-8-13-15(10)17-16(19-13)14-9-11-6-2-3-7-12(11)18-14/h2-9H,1H3. The number of rotatable bonds is 1. The normalized spacial score (nSPS) is 11.4. The molecule has 0 N–H and O–H groups in total. The van der Waals surface area contributed by atoms with E-state index in [1.165, 1.54) is 25.2 Å². The van der Waals surface area contributed by atoms with Crippen molar-refractivity contribution >= 4 is 43.0 Å². The third-order valence-corrected chi connectivity index (χ3v) is 5.56. The molecule has 3 heteroatoms. The van der Waals surface area contributed by atoms with Crippen LogP contribution < -0.4 is 0 Å². The highest BCUT2D eigenvalue weighted by atomic mass is 32.1. The molecule has 92 valence electrons. The smallest absolute Gasteiger partial charge is 0.134 e. The van der Waals surface area contributed by atoms with E-state index < -0.39 is 0 Å². The van der Waals surface area contributed by atoms with E-state index >= 15 is 0 Å². The van der Waals surface area contributed by atoms with E-state index in [0.29, 0.717) is 0 Å². The molecule has 2 aromatic heterocycles. The van der Waals surface area contributed by atoms with Crippen molar-refractivity contribution in [2.45, 2.75) is 6.92 Å². The summed E-state index contributed by atoms with van der Waals surface area (Å²) in [5, 5.41) is 2.43. The van der Waals surface area contributed by atoms with E-state index in [2.05, 4.69) is 55.5 Å². The molecule has 0 fully saturated rings. The molecular weight excluding hydrogens is 270 g/mol. The van der Waals surface area contributed by atoms with Crippen LogP contribution in [-0.2, 0) is 0 Å². The maximum Gasteiger partial charge on any atom is 0.134 e. The van der Waals surface area contributed by atoms with Crippen molar-refractivity contribution < 1.29 is 0 Å². The van der Waals surface area contributed by atoms with Crippen LogP contribution in [0.1, 0.15) is 5.56 Å². The van der Waals surface area contributed by atoms with Crippen LogP contribution in [0.25, 0.3) is 30.2 Å². The molecule has 0 unspecified atom stereocenters. The van der Waals surface area contributed by atoms with Crippen molar-refractivity contribution in [1.82, 2.24) is 4.98 Å². The molecule has 0 aliphatic heterocycles. The van der Waals surface area contributed by atoms with Crippen LogP contribution in [0.15, 0.2) is 48.5 Å². The lowest BCUT2D eigenvalue weighted by atomic mass is 10.2. The molecule has 4 rings (SSSR count). The highest BCUT2D eigenvalue weighted by molar-refractivity contribution is 7.28. The molecule has 0 spiro atoms. The van der Waals surface area contributed by atoms with Crippen LogP contribution in [-0.4, -0.2) is 4.98 Å². The fourth-order valence-corrected chi connectivity index (χ4v) is 4.43. The first-order valence-electron chi connectivity index (χ1n) is 6.16. The van der Waals surface area contributed by atoms with E-state index in [0.717, 1.165) is 10.5 Å². The number of thiazole rings is 1. The molecular formula is C16H11NS2. The molecule has 0 amide bonds. The first-order chi connectivity index (χ1) is 9.31. The zero-order valence-electron chi connectivity index (χ0n) is 10.4. The first-order valence-corrected chi connectivity index (χ1v) is 7.80. The van der Waals surface area contributed by atoms with Crippen molar-refractivity contribution in [3.8, 4) is 9.88 Å². The second kappa shape index (κ2) is 4.15. The van der Waals surface area contributed by atoms with Gasteiger partial charge in [0, 0.05) is 4.70 Å². The summed E-state index contributed by atoms with van der Waals surface area (Å²) in [6.07, 6.45) is 0. The summed E-state index contributed by atoms with van der Waals surface area (Å²) in [7, 11) is 0. The largest absolute Gasteiger partial charge is 0.235 e. The lowest BCUT2D eigenvalue weighted by Crippen LogP contribution is -1.74.